The average Bonchev–Trinajstić information content (AvgIpc) is 2.68. The fourth-order valence-electron chi connectivity index (χ4n) is 2.47. The Hall–Kier alpha value is -2.86. The molecule has 0 radical (unpaired) electrons. The van der Waals surface area contributed by atoms with Crippen LogP contribution in [0.4, 0.5) is 5.69 Å². The standard InChI is InChI=1S/C20H20N2O3S/c1-2-26(23,24)22(16-17-12-14-21-15-13-17)18-8-10-20(11-9-18)25-19-6-4-3-5-7-19/h3-15H,2,16H2,1H3. The third-order valence-corrected chi connectivity index (χ3v) is 5.62. The highest BCUT2D eigenvalue weighted by Gasteiger charge is 2.21. The van der Waals surface area contributed by atoms with Crippen molar-refractivity contribution in [3.63, 3.8) is 0 Å². The molecular weight excluding hydrogens is 348 g/mol. The zero-order valence-corrected chi connectivity index (χ0v) is 15.3. The molecule has 3 rings (SSSR count). The van der Waals surface area contributed by atoms with Crippen LogP contribution < -0.4 is 9.04 Å². The van der Waals surface area contributed by atoms with Gasteiger partial charge in [0.2, 0.25) is 10.0 Å². The van der Waals surface area contributed by atoms with Crippen molar-refractivity contribution >= 4 is 15.7 Å². The lowest BCUT2D eigenvalue weighted by atomic mass is 10.2. The number of ether oxygens (including phenoxy) is 1. The van der Waals surface area contributed by atoms with Crippen molar-refractivity contribution < 1.29 is 13.2 Å². The molecule has 1 heterocycles. The van der Waals surface area contributed by atoms with Gasteiger partial charge in [-0.25, -0.2) is 8.42 Å². The minimum absolute atomic E-state index is 0.0281. The first kappa shape index (κ1) is 17.9. The highest BCUT2D eigenvalue weighted by atomic mass is 32.2. The van der Waals surface area contributed by atoms with Crippen molar-refractivity contribution in [3.8, 4) is 11.5 Å². The number of anilines is 1. The molecule has 5 nitrogen and oxygen atoms in total. The van der Waals surface area contributed by atoms with E-state index in [-0.39, 0.29) is 12.3 Å². The number of nitrogens with zero attached hydrogens (tertiary/aromatic N) is 2. The molecule has 3 aromatic rings. The van der Waals surface area contributed by atoms with Crippen molar-refractivity contribution in [1.29, 1.82) is 0 Å². The normalized spacial score (nSPS) is 11.1. The summed E-state index contributed by atoms with van der Waals surface area (Å²) in [6.45, 7) is 1.90. The van der Waals surface area contributed by atoms with E-state index in [1.165, 1.54) is 4.31 Å². The summed E-state index contributed by atoms with van der Waals surface area (Å²) in [4.78, 5) is 3.97. The van der Waals surface area contributed by atoms with E-state index in [2.05, 4.69) is 4.98 Å². The lowest BCUT2D eigenvalue weighted by Crippen LogP contribution is -2.31. The molecule has 0 aliphatic carbocycles. The van der Waals surface area contributed by atoms with Crippen LogP contribution >= 0.6 is 0 Å². The van der Waals surface area contributed by atoms with E-state index in [4.69, 9.17) is 4.74 Å². The number of sulfonamides is 1. The van der Waals surface area contributed by atoms with Gasteiger partial charge in [-0.3, -0.25) is 9.29 Å². The first-order valence-corrected chi connectivity index (χ1v) is 9.91. The molecule has 6 heteroatoms. The molecule has 0 N–H and O–H groups in total. The van der Waals surface area contributed by atoms with E-state index < -0.39 is 10.0 Å². The Kier molecular flexibility index (Phi) is 5.53. The van der Waals surface area contributed by atoms with Crippen molar-refractivity contribution in [2.45, 2.75) is 13.5 Å². The van der Waals surface area contributed by atoms with Crippen molar-refractivity contribution in [3.05, 3.63) is 84.7 Å². The first-order chi connectivity index (χ1) is 12.6. The van der Waals surface area contributed by atoms with Gasteiger partial charge in [-0.1, -0.05) is 18.2 Å². The Morgan fingerprint density at radius 3 is 2.12 bits per heavy atom. The average molecular weight is 368 g/mol. The van der Waals surface area contributed by atoms with Crippen LogP contribution in [0.3, 0.4) is 0 Å². The van der Waals surface area contributed by atoms with E-state index in [1.54, 1.807) is 43.6 Å². The number of hydrogen-bond donors (Lipinski definition) is 0. The summed E-state index contributed by atoms with van der Waals surface area (Å²) in [5.41, 5.74) is 1.48. The van der Waals surface area contributed by atoms with Gasteiger partial charge < -0.3 is 4.74 Å². The zero-order chi connectivity index (χ0) is 18.4. The summed E-state index contributed by atoms with van der Waals surface area (Å²) in [7, 11) is -3.41. The number of hydrogen-bond acceptors (Lipinski definition) is 4. The fourth-order valence-corrected chi connectivity index (χ4v) is 3.57. The van der Waals surface area contributed by atoms with E-state index in [0.717, 1.165) is 11.3 Å². The molecule has 0 fully saturated rings. The second-order valence-electron chi connectivity index (χ2n) is 5.67. The molecule has 0 aliphatic heterocycles. The van der Waals surface area contributed by atoms with Crippen LogP contribution in [0, 0.1) is 0 Å². The van der Waals surface area contributed by atoms with E-state index in [0.29, 0.717) is 11.4 Å². The van der Waals surface area contributed by atoms with Gasteiger partial charge in [0.05, 0.1) is 18.0 Å². The van der Waals surface area contributed by atoms with Gasteiger partial charge in [0.1, 0.15) is 11.5 Å². The van der Waals surface area contributed by atoms with Gasteiger partial charge in [-0.05, 0) is 61.0 Å². The second-order valence-corrected chi connectivity index (χ2v) is 7.85. The van der Waals surface area contributed by atoms with Crippen LogP contribution in [0.25, 0.3) is 0 Å². The molecule has 0 unspecified atom stereocenters. The van der Waals surface area contributed by atoms with Crippen molar-refractivity contribution in [2.24, 2.45) is 0 Å². The molecule has 0 aliphatic rings. The molecular formula is C20H20N2O3S. The van der Waals surface area contributed by atoms with Crippen LogP contribution in [0.1, 0.15) is 12.5 Å². The maximum absolute atomic E-state index is 12.6. The SMILES string of the molecule is CCS(=O)(=O)N(Cc1ccncc1)c1ccc(Oc2ccccc2)cc1. The summed E-state index contributed by atoms with van der Waals surface area (Å²) in [6, 6.07) is 20.1. The molecule has 0 atom stereocenters. The Labute approximate surface area is 153 Å². The lowest BCUT2D eigenvalue weighted by Gasteiger charge is -2.24. The van der Waals surface area contributed by atoms with E-state index in [9.17, 15) is 8.42 Å². The Morgan fingerprint density at radius 2 is 1.50 bits per heavy atom. The largest absolute Gasteiger partial charge is 0.457 e. The van der Waals surface area contributed by atoms with Gasteiger partial charge in [-0.15, -0.1) is 0 Å². The minimum atomic E-state index is -3.41. The Morgan fingerprint density at radius 1 is 0.885 bits per heavy atom. The predicted octanol–water partition coefficient (Wildman–Crippen LogP) is 4.23. The summed E-state index contributed by atoms with van der Waals surface area (Å²) >= 11 is 0. The predicted molar refractivity (Wildman–Crippen MR) is 103 cm³/mol. The van der Waals surface area contributed by atoms with Gasteiger partial charge in [0.25, 0.3) is 0 Å². The molecule has 1 aromatic heterocycles. The molecule has 0 saturated heterocycles. The summed E-state index contributed by atoms with van der Waals surface area (Å²) in [5, 5.41) is 0. The molecule has 26 heavy (non-hydrogen) atoms. The smallest absolute Gasteiger partial charge is 0.235 e. The Bertz CT molecular complexity index is 928. The van der Waals surface area contributed by atoms with Gasteiger partial charge in [0, 0.05) is 12.4 Å². The number of benzene rings is 2. The van der Waals surface area contributed by atoms with Crippen LogP contribution in [0.15, 0.2) is 79.1 Å². The van der Waals surface area contributed by atoms with E-state index >= 15 is 0 Å². The Balaban J connectivity index is 1.84. The zero-order valence-electron chi connectivity index (χ0n) is 14.4. The number of para-hydroxylation sites is 1. The van der Waals surface area contributed by atoms with Gasteiger partial charge in [0.15, 0.2) is 0 Å². The third kappa shape index (κ3) is 4.40. The van der Waals surface area contributed by atoms with Crippen LogP contribution in [0.2, 0.25) is 0 Å². The van der Waals surface area contributed by atoms with Gasteiger partial charge >= 0.3 is 0 Å². The fraction of sp³-hybridized carbons (Fsp3) is 0.150. The topological polar surface area (TPSA) is 59.5 Å². The number of rotatable bonds is 7. The first-order valence-electron chi connectivity index (χ1n) is 8.31. The molecule has 134 valence electrons. The lowest BCUT2D eigenvalue weighted by molar-refractivity contribution is 0.482. The summed E-state index contributed by atoms with van der Waals surface area (Å²) in [5.74, 6) is 1.41. The monoisotopic (exact) mass is 368 g/mol. The van der Waals surface area contributed by atoms with E-state index in [1.807, 2.05) is 42.5 Å². The van der Waals surface area contributed by atoms with Crippen LogP contribution in [-0.2, 0) is 16.6 Å². The minimum Gasteiger partial charge on any atom is -0.457 e. The quantitative estimate of drug-likeness (QED) is 0.626. The maximum Gasteiger partial charge on any atom is 0.235 e. The molecule has 2 aromatic carbocycles. The summed E-state index contributed by atoms with van der Waals surface area (Å²) in [6.07, 6.45) is 3.31. The second kappa shape index (κ2) is 8.01. The van der Waals surface area contributed by atoms with Gasteiger partial charge in [-0.2, -0.15) is 0 Å². The summed E-state index contributed by atoms with van der Waals surface area (Å²) < 4.78 is 32.3. The molecule has 0 saturated carbocycles. The third-order valence-electron chi connectivity index (χ3n) is 3.88. The van der Waals surface area contributed by atoms with Crippen molar-refractivity contribution in [1.82, 2.24) is 4.98 Å². The van der Waals surface area contributed by atoms with Crippen molar-refractivity contribution in [2.75, 3.05) is 10.1 Å². The van der Waals surface area contributed by atoms with Crippen LogP contribution in [0.5, 0.6) is 11.5 Å². The highest BCUT2D eigenvalue weighted by molar-refractivity contribution is 7.92. The van der Waals surface area contributed by atoms with Crippen LogP contribution in [-0.4, -0.2) is 19.2 Å². The number of aromatic nitrogens is 1. The molecule has 0 spiro atoms. The maximum atomic E-state index is 12.6. The molecule has 0 bridgehead atoms. The number of pyridine rings is 1. The highest BCUT2D eigenvalue weighted by Crippen LogP contribution is 2.27. The molecule has 0 amide bonds.